The first-order valence-electron chi connectivity index (χ1n) is 7.89. The zero-order valence-corrected chi connectivity index (χ0v) is 13.9. The first-order valence-corrected chi connectivity index (χ1v) is 7.89. The van der Waals surface area contributed by atoms with Crippen LogP contribution in [0.2, 0.25) is 0 Å². The molecule has 0 unspecified atom stereocenters. The highest BCUT2D eigenvalue weighted by Crippen LogP contribution is 2.25. The smallest absolute Gasteiger partial charge is 0.0678 e. The van der Waals surface area contributed by atoms with Crippen molar-refractivity contribution in [2.75, 3.05) is 6.54 Å². The van der Waals surface area contributed by atoms with Gasteiger partial charge in [-0.3, -0.25) is 0 Å². The van der Waals surface area contributed by atoms with Gasteiger partial charge in [-0.1, -0.05) is 38.5 Å². The maximum Gasteiger partial charge on any atom is 0.0678 e. The van der Waals surface area contributed by atoms with Crippen LogP contribution in [-0.2, 0) is 6.54 Å². The molecule has 0 amide bonds. The fourth-order valence-corrected chi connectivity index (χ4v) is 2.78. The van der Waals surface area contributed by atoms with Crippen molar-refractivity contribution in [3.05, 3.63) is 46.8 Å². The van der Waals surface area contributed by atoms with Crippen molar-refractivity contribution in [1.82, 2.24) is 15.1 Å². The summed E-state index contributed by atoms with van der Waals surface area (Å²) in [6, 6.07) is 6.55. The molecule has 0 saturated heterocycles. The number of hydrogen-bond acceptors (Lipinski definition) is 2. The summed E-state index contributed by atoms with van der Waals surface area (Å²) in [5.41, 5.74) is 6.36. The molecule has 1 aromatic carbocycles. The third kappa shape index (κ3) is 3.53. The monoisotopic (exact) mass is 285 g/mol. The molecule has 0 fully saturated rings. The molecule has 2 aromatic rings. The van der Waals surface area contributed by atoms with Crippen molar-refractivity contribution in [1.29, 1.82) is 0 Å². The minimum atomic E-state index is 0.451. The van der Waals surface area contributed by atoms with Crippen molar-refractivity contribution < 1.29 is 0 Å². The number of hydrogen-bond donors (Lipinski definition) is 1. The maximum absolute atomic E-state index is 4.65. The van der Waals surface area contributed by atoms with E-state index in [9.17, 15) is 0 Å². The average molecular weight is 285 g/mol. The molecule has 0 aliphatic rings. The van der Waals surface area contributed by atoms with Crippen LogP contribution >= 0.6 is 0 Å². The Bertz CT molecular complexity index is 597. The highest BCUT2D eigenvalue weighted by atomic mass is 15.3. The maximum atomic E-state index is 4.65. The second-order valence-corrected chi connectivity index (χ2v) is 6.09. The highest BCUT2D eigenvalue weighted by molar-refractivity contribution is 5.44. The van der Waals surface area contributed by atoms with Crippen molar-refractivity contribution in [3.8, 4) is 5.69 Å². The third-order valence-corrected chi connectivity index (χ3v) is 3.76. The second kappa shape index (κ2) is 6.90. The second-order valence-electron chi connectivity index (χ2n) is 6.09. The van der Waals surface area contributed by atoms with Gasteiger partial charge in [0.2, 0.25) is 0 Å². The van der Waals surface area contributed by atoms with E-state index in [0.29, 0.717) is 5.92 Å². The van der Waals surface area contributed by atoms with E-state index in [-0.39, 0.29) is 0 Å². The predicted molar refractivity (Wildman–Crippen MR) is 89.1 cm³/mol. The fraction of sp³-hybridized carbons (Fsp3) is 0.500. The van der Waals surface area contributed by atoms with Crippen LogP contribution in [0, 0.1) is 13.8 Å². The van der Waals surface area contributed by atoms with Crippen molar-refractivity contribution in [3.63, 3.8) is 0 Å². The lowest BCUT2D eigenvalue weighted by molar-refractivity contribution is 0.658. The van der Waals surface area contributed by atoms with Gasteiger partial charge in [0, 0.05) is 12.1 Å². The van der Waals surface area contributed by atoms with E-state index < -0.39 is 0 Å². The largest absolute Gasteiger partial charge is 0.313 e. The topological polar surface area (TPSA) is 29.9 Å². The van der Waals surface area contributed by atoms with E-state index >= 15 is 0 Å². The van der Waals surface area contributed by atoms with Gasteiger partial charge < -0.3 is 5.32 Å². The molecule has 0 radical (unpaired) electrons. The summed E-state index contributed by atoms with van der Waals surface area (Å²) < 4.78 is 2.11. The Hall–Kier alpha value is -1.61. The van der Waals surface area contributed by atoms with Gasteiger partial charge in [-0.05, 0) is 44.4 Å². The van der Waals surface area contributed by atoms with Crippen LogP contribution in [-0.4, -0.2) is 16.3 Å². The molecule has 2 rings (SSSR count). The van der Waals surface area contributed by atoms with E-state index in [2.05, 4.69) is 67.9 Å². The zero-order valence-electron chi connectivity index (χ0n) is 13.9. The van der Waals surface area contributed by atoms with E-state index in [1.165, 1.54) is 28.1 Å². The lowest BCUT2D eigenvalue weighted by Gasteiger charge is -2.15. The zero-order chi connectivity index (χ0) is 15.4. The molecule has 0 spiro atoms. The molecule has 1 heterocycles. The summed E-state index contributed by atoms with van der Waals surface area (Å²) in [6.45, 7) is 12.9. The fourth-order valence-electron chi connectivity index (χ4n) is 2.78. The van der Waals surface area contributed by atoms with Crippen LogP contribution in [0.1, 0.15) is 55.5 Å². The van der Waals surface area contributed by atoms with Gasteiger partial charge in [0.25, 0.3) is 0 Å². The molecule has 0 atom stereocenters. The van der Waals surface area contributed by atoms with E-state index in [1.54, 1.807) is 0 Å². The van der Waals surface area contributed by atoms with Crippen LogP contribution in [0.15, 0.2) is 24.4 Å². The molecule has 1 N–H and O–H groups in total. The van der Waals surface area contributed by atoms with Gasteiger partial charge in [-0.25, -0.2) is 4.68 Å². The van der Waals surface area contributed by atoms with Crippen LogP contribution in [0.3, 0.4) is 0 Å². The summed E-state index contributed by atoms with van der Waals surface area (Å²) in [5, 5.41) is 8.14. The number of nitrogens with zero attached hydrogens (tertiary/aromatic N) is 2. The minimum Gasteiger partial charge on any atom is -0.313 e. The molecular weight excluding hydrogens is 258 g/mol. The lowest BCUT2D eigenvalue weighted by Crippen LogP contribution is -2.16. The molecule has 3 heteroatoms. The van der Waals surface area contributed by atoms with Crippen molar-refractivity contribution >= 4 is 0 Å². The first kappa shape index (κ1) is 15.8. The van der Waals surface area contributed by atoms with Gasteiger partial charge in [-0.15, -0.1) is 0 Å². The molecule has 0 aliphatic carbocycles. The summed E-state index contributed by atoms with van der Waals surface area (Å²) in [4.78, 5) is 0. The normalized spacial score (nSPS) is 11.3. The van der Waals surface area contributed by atoms with Crippen LogP contribution in [0.25, 0.3) is 5.69 Å². The molecule has 0 saturated carbocycles. The van der Waals surface area contributed by atoms with E-state index in [4.69, 9.17) is 0 Å². The average Bonchev–Trinajstić information content (AvgIpc) is 2.83. The number of nitrogens with one attached hydrogen (secondary N) is 1. The molecule has 21 heavy (non-hydrogen) atoms. The van der Waals surface area contributed by atoms with Crippen molar-refractivity contribution in [2.24, 2.45) is 0 Å². The van der Waals surface area contributed by atoms with Gasteiger partial charge in [0.1, 0.15) is 0 Å². The highest BCUT2D eigenvalue weighted by Gasteiger charge is 2.16. The predicted octanol–water partition coefficient (Wildman–Crippen LogP) is 4.11. The number of benzene rings is 1. The van der Waals surface area contributed by atoms with E-state index in [0.717, 1.165) is 19.5 Å². The molecule has 0 aliphatic heterocycles. The van der Waals surface area contributed by atoms with E-state index in [1.807, 2.05) is 6.20 Å². The van der Waals surface area contributed by atoms with Crippen LogP contribution in [0.5, 0.6) is 0 Å². The summed E-state index contributed by atoms with van der Waals surface area (Å²) in [5.74, 6) is 0.451. The van der Waals surface area contributed by atoms with Crippen molar-refractivity contribution in [2.45, 2.75) is 53.5 Å². The standard InChI is InChI=1S/C18H27N3/c1-6-9-19-11-16-12-20-21(18(16)13(2)3)17-8-7-14(4)10-15(17)5/h7-8,10,12-13,19H,6,9,11H2,1-5H3. The Morgan fingerprint density at radius 3 is 2.62 bits per heavy atom. The summed E-state index contributed by atoms with van der Waals surface area (Å²) in [6.07, 6.45) is 3.17. The Labute approximate surface area is 128 Å². The Morgan fingerprint density at radius 1 is 1.24 bits per heavy atom. The Kier molecular flexibility index (Phi) is 5.18. The first-order chi connectivity index (χ1) is 10.0. The minimum absolute atomic E-state index is 0.451. The third-order valence-electron chi connectivity index (χ3n) is 3.76. The van der Waals surface area contributed by atoms with Crippen LogP contribution in [0.4, 0.5) is 0 Å². The molecular formula is C18H27N3. The quantitative estimate of drug-likeness (QED) is 0.809. The van der Waals surface area contributed by atoms with Gasteiger partial charge in [0.05, 0.1) is 17.6 Å². The number of rotatable bonds is 6. The number of aromatic nitrogens is 2. The number of aryl methyl sites for hydroxylation is 2. The van der Waals surface area contributed by atoms with Gasteiger partial charge in [0.15, 0.2) is 0 Å². The van der Waals surface area contributed by atoms with Crippen LogP contribution < -0.4 is 5.32 Å². The molecule has 114 valence electrons. The molecule has 1 aromatic heterocycles. The summed E-state index contributed by atoms with van der Waals surface area (Å²) >= 11 is 0. The molecule has 0 bridgehead atoms. The summed E-state index contributed by atoms with van der Waals surface area (Å²) in [7, 11) is 0. The SMILES string of the molecule is CCCNCc1cnn(-c2ccc(C)cc2C)c1C(C)C. The van der Waals surface area contributed by atoms with Gasteiger partial charge >= 0.3 is 0 Å². The van der Waals surface area contributed by atoms with Gasteiger partial charge in [-0.2, -0.15) is 5.10 Å². The Balaban J connectivity index is 2.39. The molecule has 3 nitrogen and oxygen atoms in total. The Morgan fingerprint density at radius 2 is 2.00 bits per heavy atom. The lowest BCUT2D eigenvalue weighted by atomic mass is 10.0.